The van der Waals surface area contributed by atoms with Crippen LogP contribution in [0.5, 0.6) is 0 Å². The van der Waals surface area contributed by atoms with Gasteiger partial charge in [0.25, 0.3) is 0 Å². The van der Waals surface area contributed by atoms with Crippen LogP contribution in [0, 0.1) is 5.92 Å². The maximum atomic E-state index is 6.41. The second-order valence-electron chi connectivity index (χ2n) is 5.19. The normalized spacial score (nSPS) is 22.5. The molecule has 1 nitrogen and oxygen atoms in total. The quantitative estimate of drug-likeness (QED) is 0.687. The van der Waals surface area contributed by atoms with Gasteiger partial charge in [0.2, 0.25) is 0 Å². The maximum absolute atomic E-state index is 6.41. The van der Waals surface area contributed by atoms with Crippen molar-refractivity contribution in [3.63, 3.8) is 0 Å². The van der Waals surface area contributed by atoms with Gasteiger partial charge < -0.3 is 5.73 Å². The first-order valence-corrected chi connectivity index (χ1v) is 6.49. The van der Waals surface area contributed by atoms with Crippen molar-refractivity contribution in [1.29, 1.82) is 0 Å². The highest BCUT2D eigenvalue weighted by Crippen LogP contribution is 2.34. The smallest absolute Gasteiger partial charge is 0.0157 e. The Morgan fingerprint density at radius 3 is 2.36 bits per heavy atom. The van der Waals surface area contributed by atoms with Crippen molar-refractivity contribution in [2.24, 2.45) is 11.7 Å². The summed E-state index contributed by atoms with van der Waals surface area (Å²) in [6, 6.07) is 0. The summed E-state index contributed by atoms with van der Waals surface area (Å²) >= 11 is 0. The molecule has 0 aromatic heterocycles. The van der Waals surface area contributed by atoms with E-state index < -0.39 is 0 Å². The van der Waals surface area contributed by atoms with E-state index in [0.29, 0.717) is 0 Å². The monoisotopic (exact) mass is 197 g/mol. The van der Waals surface area contributed by atoms with Crippen molar-refractivity contribution in [1.82, 2.24) is 0 Å². The second kappa shape index (κ2) is 5.75. The maximum Gasteiger partial charge on any atom is 0.0157 e. The van der Waals surface area contributed by atoms with E-state index in [1.165, 1.54) is 57.8 Å². The van der Waals surface area contributed by atoms with Crippen LogP contribution in [0.2, 0.25) is 0 Å². The lowest BCUT2D eigenvalue weighted by atomic mass is 9.83. The molecule has 0 aromatic carbocycles. The van der Waals surface area contributed by atoms with Gasteiger partial charge in [-0.15, -0.1) is 0 Å². The predicted octanol–water partition coefficient (Wildman–Crippen LogP) is 3.86. The Morgan fingerprint density at radius 1 is 1.21 bits per heavy atom. The fourth-order valence-electron chi connectivity index (χ4n) is 2.80. The molecule has 1 saturated carbocycles. The Kier molecular flexibility index (Phi) is 4.94. The summed E-state index contributed by atoms with van der Waals surface area (Å²) in [5.41, 5.74) is 6.62. The van der Waals surface area contributed by atoms with E-state index in [9.17, 15) is 0 Å². The molecule has 0 saturated heterocycles. The number of nitrogens with two attached hydrogens (primary N) is 1. The average molecular weight is 197 g/mol. The SMILES string of the molecule is CCCCC(CC)CC1(N)CCCC1. The molecule has 0 aliphatic heterocycles. The van der Waals surface area contributed by atoms with E-state index in [1.54, 1.807) is 0 Å². The highest BCUT2D eigenvalue weighted by molar-refractivity contribution is 4.90. The average Bonchev–Trinajstić information content (AvgIpc) is 2.60. The van der Waals surface area contributed by atoms with Gasteiger partial charge in [-0.2, -0.15) is 0 Å². The van der Waals surface area contributed by atoms with Crippen molar-refractivity contribution in [3.8, 4) is 0 Å². The standard InChI is InChI=1S/C13H27N/c1-3-5-8-12(4-2)11-13(14)9-6-7-10-13/h12H,3-11,14H2,1-2H3. The first-order chi connectivity index (χ1) is 6.70. The zero-order valence-electron chi connectivity index (χ0n) is 10.0. The van der Waals surface area contributed by atoms with Gasteiger partial charge in [0.15, 0.2) is 0 Å². The topological polar surface area (TPSA) is 26.0 Å². The summed E-state index contributed by atoms with van der Waals surface area (Å²) in [5, 5.41) is 0. The number of hydrogen-bond acceptors (Lipinski definition) is 1. The van der Waals surface area contributed by atoms with Gasteiger partial charge in [-0.05, 0) is 25.2 Å². The van der Waals surface area contributed by atoms with E-state index in [1.807, 2.05) is 0 Å². The van der Waals surface area contributed by atoms with Crippen LogP contribution < -0.4 is 5.73 Å². The van der Waals surface area contributed by atoms with Crippen LogP contribution in [0.25, 0.3) is 0 Å². The van der Waals surface area contributed by atoms with E-state index >= 15 is 0 Å². The molecule has 1 heteroatoms. The molecule has 0 aromatic rings. The van der Waals surface area contributed by atoms with Gasteiger partial charge in [-0.3, -0.25) is 0 Å². The molecule has 0 heterocycles. The first-order valence-electron chi connectivity index (χ1n) is 6.49. The lowest BCUT2D eigenvalue weighted by Gasteiger charge is -2.28. The number of rotatable bonds is 6. The van der Waals surface area contributed by atoms with Crippen molar-refractivity contribution >= 4 is 0 Å². The van der Waals surface area contributed by atoms with E-state index in [0.717, 1.165) is 5.92 Å². The van der Waals surface area contributed by atoms with Crippen LogP contribution >= 0.6 is 0 Å². The first kappa shape index (κ1) is 12.0. The summed E-state index contributed by atoms with van der Waals surface area (Å²) in [6.07, 6.45) is 12.0. The molecule has 1 atom stereocenters. The van der Waals surface area contributed by atoms with Crippen molar-refractivity contribution in [2.75, 3.05) is 0 Å². The zero-order chi connectivity index (χ0) is 10.4. The fourth-order valence-corrected chi connectivity index (χ4v) is 2.80. The van der Waals surface area contributed by atoms with Gasteiger partial charge in [-0.1, -0.05) is 52.4 Å². The highest BCUT2D eigenvalue weighted by Gasteiger charge is 2.31. The molecule has 1 aliphatic rings. The van der Waals surface area contributed by atoms with Crippen LogP contribution in [0.1, 0.15) is 71.6 Å². The molecule has 14 heavy (non-hydrogen) atoms. The van der Waals surface area contributed by atoms with E-state index in [2.05, 4.69) is 13.8 Å². The number of hydrogen-bond donors (Lipinski definition) is 1. The van der Waals surface area contributed by atoms with Crippen molar-refractivity contribution < 1.29 is 0 Å². The summed E-state index contributed by atoms with van der Waals surface area (Å²) < 4.78 is 0. The molecule has 1 fully saturated rings. The Balaban J connectivity index is 2.30. The second-order valence-corrected chi connectivity index (χ2v) is 5.19. The lowest BCUT2D eigenvalue weighted by molar-refractivity contribution is 0.297. The molecule has 0 spiro atoms. The minimum Gasteiger partial charge on any atom is -0.325 e. The summed E-state index contributed by atoms with van der Waals surface area (Å²) in [5.74, 6) is 0.887. The third kappa shape index (κ3) is 3.61. The van der Waals surface area contributed by atoms with Crippen LogP contribution in [-0.4, -0.2) is 5.54 Å². The van der Waals surface area contributed by atoms with Crippen LogP contribution in [0.15, 0.2) is 0 Å². The Bertz CT molecular complexity index is 147. The Morgan fingerprint density at radius 2 is 1.86 bits per heavy atom. The molecule has 1 aliphatic carbocycles. The van der Waals surface area contributed by atoms with Gasteiger partial charge in [0.05, 0.1) is 0 Å². The van der Waals surface area contributed by atoms with Crippen LogP contribution in [-0.2, 0) is 0 Å². The third-order valence-corrected chi connectivity index (χ3v) is 3.84. The highest BCUT2D eigenvalue weighted by atomic mass is 14.7. The molecular weight excluding hydrogens is 170 g/mol. The molecule has 0 bridgehead atoms. The molecule has 0 radical (unpaired) electrons. The molecule has 2 N–H and O–H groups in total. The zero-order valence-corrected chi connectivity index (χ0v) is 10.0. The molecule has 1 rings (SSSR count). The minimum absolute atomic E-state index is 0.217. The largest absolute Gasteiger partial charge is 0.325 e. The predicted molar refractivity (Wildman–Crippen MR) is 63.3 cm³/mol. The molecule has 84 valence electrons. The molecule has 1 unspecified atom stereocenters. The summed E-state index contributed by atoms with van der Waals surface area (Å²) in [6.45, 7) is 4.60. The van der Waals surface area contributed by atoms with Gasteiger partial charge in [0, 0.05) is 5.54 Å². The molecule has 0 amide bonds. The Hall–Kier alpha value is -0.0400. The van der Waals surface area contributed by atoms with Gasteiger partial charge in [0.1, 0.15) is 0 Å². The van der Waals surface area contributed by atoms with Crippen molar-refractivity contribution in [2.45, 2.75) is 77.2 Å². The molecular formula is C13H27N. The van der Waals surface area contributed by atoms with Crippen LogP contribution in [0.4, 0.5) is 0 Å². The lowest BCUT2D eigenvalue weighted by Crippen LogP contribution is -2.38. The Labute approximate surface area is 89.5 Å². The summed E-state index contributed by atoms with van der Waals surface area (Å²) in [4.78, 5) is 0. The van der Waals surface area contributed by atoms with E-state index in [-0.39, 0.29) is 5.54 Å². The fraction of sp³-hybridized carbons (Fsp3) is 1.00. The van der Waals surface area contributed by atoms with Gasteiger partial charge >= 0.3 is 0 Å². The number of unbranched alkanes of at least 4 members (excludes halogenated alkanes) is 1. The third-order valence-electron chi connectivity index (χ3n) is 3.84. The minimum atomic E-state index is 0.217. The van der Waals surface area contributed by atoms with Gasteiger partial charge in [-0.25, -0.2) is 0 Å². The van der Waals surface area contributed by atoms with E-state index in [4.69, 9.17) is 5.73 Å². The van der Waals surface area contributed by atoms with Crippen LogP contribution in [0.3, 0.4) is 0 Å². The summed E-state index contributed by atoms with van der Waals surface area (Å²) in [7, 11) is 0. The van der Waals surface area contributed by atoms with Crippen molar-refractivity contribution in [3.05, 3.63) is 0 Å².